The van der Waals surface area contributed by atoms with Gasteiger partial charge in [0, 0.05) is 10.9 Å². The van der Waals surface area contributed by atoms with Crippen molar-refractivity contribution >= 4 is 16.9 Å². The van der Waals surface area contributed by atoms with Crippen LogP contribution in [0.4, 0.5) is 4.39 Å². The molecule has 0 fully saturated rings. The molecule has 3 aromatic rings. The largest absolute Gasteiger partial charge is 0.451 e. The summed E-state index contributed by atoms with van der Waals surface area (Å²) < 4.78 is 18.6. The predicted octanol–water partition coefficient (Wildman–Crippen LogP) is 4.37. The highest BCUT2D eigenvalue weighted by Crippen LogP contribution is 2.25. The maximum Gasteiger partial charge on any atom is 0.287 e. The number of carbonyl (C=O) groups is 1. The summed E-state index contributed by atoms with van der Waals surface area (Å²) in [6.07, 6.45) is 0. The van der Waals surface area contributed by atoms with Gasteiger partial charge >= 0.3 is 0 Å². The lowest BCUT2D eigenvalue weighted by molar-refractivity contribution is 0.0913. The molecule has 0 saturated heterocycles. The fourth-order valence-corrected chi connectivity index (χ4v) is 2.49. The lowest BCUT2D eigenvalue weighted by Crippen LogP contribution is -2.26. The Balaban J connectivity index is 1.84. The Morgan fingerprint density at radius 2 is 1.82 bits per heavy atom. The van der Waals surface area contributed by atoms with Crippen LogP contribution in [-0.4, -0.2) is 5.91 Å². The average Bonchev–Trinajstić information content (AvgIpc) is 2.85. The number of halogens is 1. The van der Waals surface area contributed by atoms with Gasteiger partial charge in [-0.05, 0) is 37.6 Å². The molecule has 112 valence electrons. The summed E-state index contributed by atoms with van der Waals surface area (Å²) in [5, 5.41) is 3.81. The van der Waals surface area contributed by atoms with Gasteiger partial charge in [-0.1, -0.05) is 30.3 Å². The molecule has 1 aromatic heterocycles. The first kappa shape index (κ1) is 14.3. The van der Waals surface area contributed by atoms with Crippen LogP contribution in [0, 0.1) is 12.7 Å². The molecule has 0 radical (unpaired) electrons. The maximum atomic E-state index is 12.9. The number of fused-ring (bicyclic) bond motifs is 1. The zero-order chi connectivity index (χ0) is 15.7. The van der Waals surface area contributed by atoms with Crippen molar-refractivity contribution in [2.45, 2.75) is 19.9 Å². The van der Waals surface area contributed by atoms with E-state index in [9.17, 15) is 9.18 Å². The van der Waals surface area contributed by atoms with Crippen LogP contribution in [0.5, 0.6) is 0 Å². The summed E-state index contributed by atoms with van der Waals surface area (Å²) in [6, 6.07) is 13.4. The Labute approximate surface area is 127 Å². The molecular formula is C18H16FNO2. The monoisotopic (exact) mass is 297 g/mol. The smallest absolute Gasteiger partial charge is 0.287 e. The number of rotatable bonds is 3. The quantitative estimate of drug-likeness (QED) is 0.780. The van der Waals surface area contributed by atoms with Crippen LogP contribution in [0.15, 0.2) is 52.9 Å². The van der Waals surface area contributed by atoms with E-state index in [1.54, 1.807) is 12.1 Å². The van der Waals surface area contributed by atoms with Crippen molar-refractivity contribution in [3.05, 3.63) is 71.2 Å². The molecule has 0 spiro atoms. The normalized spacial score (nSPS) is 12.3. The number of hydrogen-bond acceptors (Lipinski definition) is 2. The van der Waals surface area contributed by atoms with E-state index < -0.39 is 0 Å². The average molecular weight is 297 g/mol. The van der Waals surface area contributed by atoms with Gasteiger partial charge in [0.1, 0.15) is 11.4 Å². The standard InChI is InChI=1S/C18H16FNO2/c1-11-15-5-3-4-6-16(15)22-17(11)18(21)20-12(2)13-7-9-14(19)10-8-13/h3-10,12H,1-2H3,(H,20,21). The summed E-state index contributed by atoms with van der Waals surface area (Å²) in [5.74, 6) is -0.254. The lowest BCUT2D eigenvalue weighted by Gasteiger charge is -2.13. The fraction of sp³-hybridized carbons (Fsp3) is 0.167. The zero-order valence-electron chi connectivity index (χ0n) is 12.4. The van der Waals surface area contributed by atoms with Crippen LogP contribution in [0.25, 0.3) is 11.0 Å². The van der Waals surface area contributed by atoms with Crippen LogP contribution in [0.3, 0.4) is 0 Å². The predicted molar refractivity (Wildman–Crippen MR) is 83.2 cm³/mol. The number of hydrogen-bond donors (Lipinski definition) is 1. The van der Waals surface area contributed by atoms with Gasteiger partial charge in [-0.3, -0.25) is 4.79 Å². The second kappa shape index (κ2) is 5.64. The molecule has 4 heteroatoms. The highest BCUT2D eigenvalue weighted by atomic mass is 19.1. The molecule has 0 aliphatic heterocycles. The number of furan rings is 1. The lowest BCUT2D eigenvalue weighted by atomic mass is 10.1. The van der Waals surface area contributed by atoms with E-state index in [0.29, 0.717) is 11.3 Å². The van der Waals surface area contributed by atoms with Gasteiger partial charge < -0.3 is 9.73 Å². The van der Waals surface area contributed by atoms with Gasteiger partial charge in [-0.2, -0.15) is 0 Å². The molecule has 1 unspecified atom stereocenters. The fourth-order valence-electron chi connectivity index (χ4n) is 2.49. The second-order valence-electron chi connectivity index (χ2n) is 5.30. The molecule has 0 bridgehead atoms. The Hall–Kier alpha value is -2.62. The van der Waals surface area contributed by atoms with Crippen LogP contribution >= 0.6 is 0 Å². The molecule has 1 atom stereocenters. The first-order valence-corrected chi connectivity index (χ1v) is 7.10. The molecule has 3 nitrogen and oxygen atoms in total. The Kier molecular flexibility index (Phi) is 3.67. The first-order chi connectivity index (χ1) is 10.6. The molecule has 1 heterocycles. The van der Waals surface area contributed by atoms with E-state index in [4.69, 9.17) is 4.42 Å². The van der Waals surface area contributed by atoms with E-state index in [0.717, 1.165) is 16.5 Å². The number of benzene rings is 2. The van der Waals surface area contributed by atoms with Crippen molar-refractivity contribution in [1.29, 1.82) is 0 Å². The Morgan fingerprint density at radius 1 is 1.14 bits per heavy atom. The van der Waals surface area contributed by atoms with Crippen molar-refractivity contribution < 1.29 is 13.6 Å². The molecule has 3 rings (SSSR count). The van der Waals surface area contributed by atoms with E-state index in [2.05, 4.69) is 5.32 Å². The van der Waals surface area contributed by atoms with E-state index >= 15 is 0 Å². The van der Waals surface area contributed by atoms with Gasteiger partial charge in [0.2, 0.25) is 0 Å². The number of para-hydroxylation sites is 1. The molecule has 0 saturated carbocycles. The van der Waals surface area contributed by atoms with Crippen molar-refractivity contribution in [2.24, 2.45) is 0 Å². The van der Waals surface area contributed by atoms with E-state index in [1.807, 2.05) is 38.1 Å². The minimum absolute atomic E-state index is 0.235. The number of amides is 1. The third-order valence-electron chi connectivity index (χ3n) is 3.77. The topological polar surface area (TPSA) is 42.2 Å². The molecule has 22 heavy (non-hydrogen) atoms. The molecule has 1 N–H and O–H groups in total. The van der Waals surface area contributed by atoms with Gasteiger partial charge in [0.05, 0.1) is 6.04 Å². The third kappa shape index (κ3) is 2.60. The van der Waals surface area contributed by atoms with E-state index in [-0.39, 0.29) is 17.8 Å². The summed E-state index contributed by atoms with van der Waals surface area (Å²) in [5.41, 5.74) is 2.35. The van der Waals surface area contributed by atoms with Crippen LogP contribution in [0.2, 0.25) is 0 Å². The van der Waals surface area contributed by atoms with Crippen molar-refractivity contribution in [3.63, 3.8) is 0 Å². The van der Waals surface area contributed by atoms with Crippen LogP contribution < -0.4 is 5.32 Å². The van der Waals surface area contributed by atoms with Gasteiger partial charge in [-0.25, -0.2) is 4.39 Å². The highest BCUT2D eigenvalue weighted by Gasteiger charge is 2.19. The summed E-state index contributed by atoms with van der Waals surface area (Å²) in [6.45, 7) is 3.71. The Morgan fingerprint density at radius 3 is 2.50 bits per heavy atom. The summed E-state index contributed by atoms with van der Waals surface area (Å²) in [7, 11) is 0. The summed E-state index contributed by atoms with van der Waals surface area (Å²) in [4.78, 5) is 12.4. The minimum Gasteiger partial charge on any atom is -0.451 e. The SMILES string of the molecule is Cc1c(C(=O)NC(C)c2ccc(F)cc2)oc2ccccc12. The van der Waals surface area contributed by atoms with Crippen LogP contribution in [0.1, 0.15) is 34.6 Å². The van der Waals surface area contributed by atoms with Crippen molar-refractivity contribution in [2.75, 3.05) is 0 Å². The van der Waals surface area contributed by atoms with Crippen molar-refractivity contribution in [1.82, 2.24) is 5.32 Å². The zero-order valence-corrected chi connectivity index (χ0v) is 12.4. The summed E-state index contributed by atoms with van der Waals surface area (Å²) >= 11 is 0. The van der Waals surface area contributed by atoms with Crippen LogP contribution in [-0.2, 0) is 0 Å². The second-order valence-corrected chi connectivity index (χ2v) is 5.30. The molecule has 1 amide bonds. The Bertz CT molecular complexity index is 821. The molecule has 2 aromatic carbocycles. The van der Waals surface area contributed by atoms with Gasteiger partial charge in [0.15, 0.2) is 5.76 Å². The number of aryl methyl sites for hydroxylation is 1. The minimum atomic E-state index is -0.296. The number of carbonyl (C=O) groups excluding carboxylic acids is 1. The third-order valence-corrected chi connectivity index (χ3v) is 3.77. The molecular weight excluding hydrogens is 281 g/mol. The molecule has 0 aliphatic rings. The highest BCUT2D eigenvalue weighted by molar-refractivity contribution is 5.99. The maximum absolute atomic E-state index is 12.9. The molecule has 0 aliphatic carbocycles. The van der Waals surface area contributed by atoms with E-state index in [1.165, 1.54) is 12.1 Å². The van der Waals surface area contributed by atoms with Gasteiger partial charge in [0.25, 0.3) is 5.91 Å². The first-order valence-electron chi connectivity index (χ1n) is 7.10. The van der Waals surface area contributed by atoms with Crippen molar-refractivity contribution in [3.8, 4) is 0 Å². The van der Waals surface area contributed by atoms with Gasteiger partial charge in [-0.15, -0.1) is 0 Å². The number of nitrogens with one attached hydrogen (secondary N) is 1.